The fraction of sp³-hybridized carbons (Fsp3) is 0.967. The smallest absolute Gasteiger partial charge is 0.303 e. The second kappa shape index (κ2) is 16.2. The maximum atomic E-state index is 11.6. The third-order valence-electron chi connectivity index (χ3n) is 8.94. The summed E-state index contributed by atoms with van der Waals surface area (Å²) in [5.41, 5.74) is 0. The minimum absolute atomic E-state index is 0.309. The van der Waals surface area contributed by atoms with E-state index in [1.54, 1.807) is 28.4 Å². The maximum absolute atomic E-state index is 11.6. The molecule has 0 bridgehead atoms. The van der Waals surface area contributed by atoms with Crippen LogP contribution < -0.4 is 0 Å². The summed E-state index contributed by atoms with van der Waals surface area (Å²) in [7, 11) is 6.43. The van der Waals surface area contributed by atoms with Crippen LogP contribution in [-0.4, -0.2) is 138 Å². The molecule has 4 rings (SSSR count). The highest BCUT2D eigenvalue weighted by Crippen LogP contribution is 2.35. The van der Waals surface area contributed by atoms with E-state index in [1.807, 2.05) is 27.7 Å². The summed E-state index contributed by atoms with van der Waals surface area (Å²) in [5, 5.41) is 9.96. The van der Waals surface area contributed by atoms with Crippen molar-refractivity contribution in [2.75, 3.05) is 28.4 Å². The fourth-order valence-corrected chi connectivity index (χ4v) is 6.68. The van der Waals surface area contributed by atoms with Crippen LogP contribution in [0.2, 0.25) is 0 Å². The molecular formula is C30H52O14. The Labute approximate surface area is 260 Å². The van der Waals surface area contributed by atoms with Gasteiger partial charge in [0, 0.05) is 61.0 Å². The Balaban J connectivity index is 1.33. The predicted molar refractivity (Wildman–Crippen MR) is 151 cm³/mol. The van der Waals surface area contributed by atoms with E-state index >= 15 is 0 Å². The Hall–Kier alpha value is -1.01. The van der Waals surface area contributed by atoms with Crippen molar-refractivity contribution in [3.63, 3.8) is 0 Å². The first-order chi connectivity index (χ1) is 21.0. The quantitative estimate of drug-likeness (QED) is 0.328. The zero-order valence-corrected chi connectivity index (χ0v) is 27.3. The summed E-state index contributed by atoms with van der Waals surface area (Å²) >= 11 is 0. The molecule has 4 aliphatic heterocycles. The van der Waals surface area contributed by atoms with E-state index in [0.29, 0.717) is 25.7 Å². The molecule has 16 atom stereocenters. The Morgan fingerprint density at radius 3 is 1.23 bits per heavy atom. The number of hydrogen-bond acceptors (Lipinski definition) is 14. The van der Waals surface area contributed by atoms with Crippen LogP contribution in [0, 0.1) is 0 Å². The summed E-state index contributed by atoms with van der Waals surface area (Å²) in [5.74, 6) is -0.392. The molecule has 0 spiro atoms. The molecule has 14 nitrogen and oxygen atoms in total. The molecule has 4 fully saturated rings. The summed E-state index contributed by atoms with van der Waals surface area (Å²) < 4.78 is 71.6. The van der Waals surface area contributed by atoms with Gasteiger partial charge in [-0.25, -0.2) is 0 Å². The van der Waals surface area contributed by atoms with Gasteiger partial charge in [0.15, 0.2) is 31.3 Å². The first-order valence-electron chi connectivity index (χ1n) is 15.5. The zero-order valence-electron chi connectivity index (χ0n) is 27.3. The molecule has 256 valence electrons. The van der Waals surface area contributed by atoms with Gasteiger partial charge in [-0.1, -0.05) is 0 Å². The monoisotopic (exact) mass is 636 g/mol. The van der Waals surface area contributed by atoms with Gasteiger partial charge in [-0.3, -0.25) is 4.79 Å². The van der Waals surface area contributed by atoms with E-state index in [4.69, 9.17) is 56.8 Å². The third kappa shape index (κ3) is 8.66. The Morgan fingerprint density at radius 1 is 0.545 bits per heavy atom. The molecule has 0 aliphatic carbocycles. The van der Waals surface area contributed by atoms with Crippen molar-refractivity contribution >= 4 is 5.97 Å². The summed E-state index contributed by atoms with van der Waals surface area (Å²) in [6.07, 6.45) is -5.96. The predicted octanol–water partition coefficient (Wildman–Crippen LogP) is 1.67. The Bertz CT molecular complexity index is 894. The number of aliphatic hydroxyl groups excluding tert-OH is 1. The second-order valence-corrected chi connectivity index (χ2v) is 12.0. The lowest BCUT2D eigenvalue weighted by Gasteiger charge is -2.47. The van der Waals surface area contributed by atoms with Crippen molar-refractivity contribution in [3.05, 3.63) is 0 Å². The molecule has 0 amide bonds. The molecule has 44 heavy (non-hydrogen) atoms. The Kier molecular flexibility index (Phi) is 13.2. The Morgan fingerprint density at radius 2 is 0.864 bits per heavy atom. The average Bonchev–Trinajstić information content (AvgIpc) is 2.97. The van der Waals surface area contributed by atoms with E-state index in [1.165, 1.54) is 6.92 Å². The van der Waals surface area contributed by atoms with E-state index in [9.17, 15) is 9.90 Å². The molecule has 4 saturated heterocycles. The normalized spacial score (nSPS) is 46.9. The van der Waals surface area contributed by atoms with Crippen LogP contribution in [0.1, 0.15) is 60.3 Å². The lowest BCUT2D eigenvalue weighted by Crippen LogP contribution is -2.58. The van der Waals surface area contributed by atoms with Crippen LogP contribution in [-0.2, 0) is 61.6 Å². The zero-order chi connectivity index (χ0) is 32.1. The summed E-state index contributed by atoms with van der Waals surface area (Å²) in [6, 6.07) is 0. The van der Waals surface area contributed by atoms with Gasteiger partial charge in [0.05, 0.1) is 42.7 Å². The second-order valence-electron chi connectivity index (χ2n) is 12.0. The van der Waals surface area contributed by atoms with Crippen molar-refractivity contribution < 1.29 is 66.7 Å². The lowest BCUT2D eigenvalue weighted by atomic mass is 9.98. The largest absolute Gasteiger partial charge is 0.457 e. The van der Waals surface area contributed by atoms with Gasteiger partial charge in [-0.2, -0.15) is 0 Å². The number of ether oxygens (including phenoxy) is 12. The molecular weight excluding hydrogens is 584 g/mol. The van der Waals surface area contributed by atoms with Crippen LogP contribution >= 0.6 is 0 Å². The van der Waals surface area contributed by atoms with E-state index in [2.05, 4.69) is 0 Å². The molecule has 0 aromatic rings. The van der Waals surface area contributed by atoms with Gasteiger partial charge < -0.3 is 61.9 Å². The van der Waals surface area contributed by atoms with Gasteiger partial charge in [-0.15, -0.1) is 0 Å². The SMILES string of the molecule is CO[C@H]1C[C@H](O[C@H]2[C@H](C)O[C@@H](O[C@H]3[C@H](C)O[C@@H](O[C@H]4[C@H](C)O[C@H](O)C[C@@H]4OC)C[C@@H]3OC)C[C@@H]2OC)O[C@@H](C)[C@@H]1OC(C)=O. The minimum atomic E-state index is -0.898. The third-order valence-corrected chi connectivity index (χ3v) is 8.94. The van der Waals surface area contributed by atoms with Crippen molar-refractivity contribution in [1.82, 2.24) is 0 Å². The molecule has 14 heteroatoms. The van der Waals surface area contributed by atoms with E-state index in [0.717, 1.165) is 0 Å². The molecule has 4 heterocycles. The van der Waals surface area contributed by atoms with Crippen LogP contribution in [0.25, 0.3) is 0 Å². The highest BCUT2D eigenvalue weighted by Gasteiger charge is 2.48. The molecule has 0 unspecified atom stereocenters. The molecule has 0 aromatic carbocycles. The molecule has 1 N–H and O–H groups in total. The highest BCUT2D eigenvalue weighted by molar-refractivity contribution is 5.66. The van der Waals surface area contributed by atoms with Crippen LogP contribution in [0.5, 0.6) is 0 Å². The fourth-order valence-electron chi connectivity index (χ4n) is 6.68. The van der Waals surface area contributed by atoms with Gasteiger partial charge in [0.2, 0.25) is 0 Å². The van der Waals surface area contributed by atoms with Crippen LogP contribution in [0.15, 0.2) is 0 Å². The number of esters is 1. The molecule has 0 saturated carbocycles. The average molecular weight is 637 g/mol. The van der Waals surface area contributed by atoms with E-state index in [-0.39, 0.29) is 36.6 Å². The number of methoxy groups -OCH3 is 4. The first kappa shape index (κ1) is 35.8. The van der Waals surface area contributed by atoms with Crippen LogP contribution in [0.4, 0.5) is 0 Å². The highest BCUT2D eigenvalue weighted by atomic mass is 16.8. The number of carbonyl (C=O) groups is 1. The topological polar surface area (TPSA) is 148 Å². The maximum Gasteiger partial charge on any atom is 0.303 e. The number of rotatable bonds is 11. The molecule has 0 radical (unpaired) electrons. The van der Waals surface area contributed by atoms with E-state index < -0.39 is 67.8 Å². The molecule has 4 aliphatic rings. The van der Waals surface area contributed by atoms with Gasteiger partial charge in [0.1, 0.15) is 24.4 Å². The minimum Gasteiger partial charge on any atom is -0.457 e. The number of aliphatic hydroxyl groups is 1. The van der Waals surface area contributed by atoms with Crippen molar-refractivity contribution in [1.29, 1.82) is 0 Å². The summed E-state index contributed by atoms with van der Waals surface area (Å²) in [6.45, 7) is 8.85. The number of hydrogen-bond donors (Lipinski definition) is 1. The first-order valence-corrected chi connectivity index (χ1v) is 15.5. The lowest BCUT2D eigenvalue weighted by molar-refractivity contribution is -0.345. The van der Waals surface area contributed by atoms with Gasteiger partial charge in [-0.05, 0) is 27.7 Å². The van der Waals surface area contributed by atoms with Crippen LogP contribution in [0.3, 0.4) is 0 Å². The van der Waals surface area contributed by atoms with Crippen molar-refractivity contribution in [2.24, 2.45) is 0 Å². The van der Waals surface area contributed by atoms with Crippen molar-refractivity contribution in [2.45, 2.75) is 159 Å². The number of carbonyl (C=O) groups excluding carboxylic acids is 1. The van der Waals surface area contributed by atoms with Gasteiger partial charge >= 0.3 is 5.97 Å². The van der Waals surface area contributed by atoms with Crippen molar-refractivity contribution in [3.8, 4) is 0 Å². The molecule has 0 aromatic heterocycles. The van der Waals surface area contributed by atoms with Gasteiger partial charge in [0.25, 0.3) is 0 Å². The summed E-state index contributed by atoms with van der Waals surface area (Å²) in [4.78, 5) is 11.6. The standard InChI is InChI=1S/C30H52O14/c1-14-28(19(33-6)10-23(32)37-14)42-25-12-21(35-8)30(16(3)39-25)44-26-13-22(36-9)29(17(4)40-26)43-24-11-20(34-7)27(15(2)38-24)41-18(5)31/h14-17,19-30,32H,10-13H2,1-9H3/t14-,15-,16-,17-,19-,20-,21-,22-,23-,24-,25-,26-,27-,28-,29-,30-/m0/s1.